The smallest absolute Gasteiger partial charge is 0.290 e. The molecule has 1 atom stereocenters. The first-order valence-corrected chi connectivity index (χ1v) is 9.44. The van der Waals surface area contributed by atoms with Crippen molar-refractivity contribution >= 4 is 28.5 Å². The van der Waals surface area contributed by atoms with Crippen molar-refractivity contribution in [1.29, 1.82) is 0 Å². The molecule has 29 heavy (non-hydrogen) atoms. The maximum absolute atomic E-state index is 13.3. The Morgan fingerprint density at radius 1 is 1.21 bits per heavy atom. The highest BCUT2D eigenvalue weighted by atomic mass is 35.5. The summed E-state index contributed by atoms with van der Waals surface area (Å²) in [5.41, 5.74) is 0.946. The summed E-state index contributed by atoms with van der Waals surface area (Å²) in [6, 6.07) is 11.1. The van der Waals surface area contributed by atoms with Gasteiger partial charge in [-0.1, -0.05) is 36.4 Å². The Labute approximate surface area is 171 Å². The number of rotatable bonds is 6. The van der Waals surface area contributed by atoms with Gasteiger partial charge in [0.15, 0.2) is 5.43 Å². The first kappa shape index (κ1) is 19.2. The molecule has 148 valence electrons. The number of carbonyl (C=O) groups excluding carboxylic acids is 1. The van der Waals surface area contributed by atoms with Crippen LogP contribution < -0.4 is 10.2 Å². The Bertz CT molecular complexity index is 1150. The van der Waals surface area contributed by atoms with Crippen molar-refractivity contribution in [2.45, 2.75) is 6.04 Å². The molecule has 0 spiro atoms. The molecule has 0 saturated heterocycles. The number of ether oxygens (including phenoxy) is 1. The maximum Gasteiger partial charge on any atom is 0.290 e. The van der Waals surface area contributed by atoms with E-state index in [1.807, 2.05) is 0 Å². The molecule has 1 aliphatic rings. The number of hydrogen-bond donors (Lipinski definition) is 1. The van der Waals surface area contributed by atoms with Crippen LogP contribution >= 0.6 is 11.6 Å². The van der Waals surface area contributed by atoms with E-state index >= 15 is 0 Å². The van der Waals surface area contributed by atoms with Crippen molar-refractivity contribution in [3.05, 3.63) is 87.3 Å². The van der Waals surface area contributed by atoms with E-state index in [0.29, 0.717) is 33.9 Å². The number of amides is 1. The Morgan fingerprint density at radius 2 is 1.97 bits per heavy atom. The van der Waals surface area contributed by atoms with Crippen molar-refractivity contribution in [1.82, 2.24) is 4.90 Å². The van der Waals surface area contributed by atoms with Crippen molar-refractivity contribution in [2.75, 3.05) is 19.8 Å². The lowest BCUT2D eigenvalue weighted by atomic mass is 9.98. The van der Waals surface area contributed by atoms with Crippen molar-refractivity contribution in [3.63, 3.8) is 0 Å². The van der Waals surface area contributed by atoms with Crippen LogP contribution in [-0.4, -0.2) is 35.7 Å². The standard InChI is InChI=1S/C22H18ClNO5/c1-2-11-28-15-6-3-13(4-7-15)19-18-20(26)16-12-14(23)5-8-17(16)29-21(18)22(27)24(19)9-10-25/h2-8,12,19,25H,1,9-11H2. The summed E-state index contributed by atoms with van der Waals surface area (Å²) < 4.78 is 11.3. The van der Waals surface area contributed by atoms with E-state index in [-0.39, 0.29) is 29.9 Å². The number of halogens is 1. The normalized spacial score (nSPS) is 15.6. The average Bonchev–Trinajstić information content (AvgIpc) is 3.00. The van der Waals surface area contributed by atoms with E-state index in [0.717, 1.165) is 0 Å². The first-order valence-electron chi connectivity index (χ1n) is 9.07. The summed E-state index contributed by atoms with van der Waals surface area (Å²) in [6.45, 7) is 3.81. The van der Waals surface area contributed by atoms with Gasteiger partial charge in [0.25, 0.3) is 5.91 Å². The average molecular weight is 412 g/mol. The van der Waals surface area contributed by atoms with Gasteiger partial charge in [-0.15, -0.1) is 0 Å². The second-order valence-electron chi connectivity index (χ2n) is 6.61. The van der Waals surface area contributed by atoms with Gasteiger partial charge in [0, 0.05) is 11.6 Å². The zero-order valence-electron chi connectivity index (χ0n) is 15.4. The fourth-order valence-electron chi connectivity index (χ4n) is 3.58. The van der Waals surface area contributed by atoms with Crippen LogP contribution in [0.2, 0.25) is 5.02 Å². The van der Waals surface area contributed by atoms with Gasteiger partial charge >= 0.3 is 0 Å². The minimum Gasteiger partial charge on any atom is -0.490 e. The number of nitrogens with zero attached hydrogens (tertiary/aromatic N) is 1. The summed E-state index contributed by atoms with van der Waals surface area (Å²) in [7, 11) is 0. The minimum atomic E-state index is -0.669. The first-order chi connectivity index (χ1) is 14.0. The van der Waals surface area contributed by atoms with Crippen LogP contribution in [0, 0.1) is 0 Å². The number of β-amino-alcohol motifs (C(OH)–C–C–N with tert-alkyl or cyclic N) is 1. The molecule has 6 nitrogen and oxygen atoms in total. The summed E-state index contributed by atoms with van der Waals surface area (Å²) in [5, 5.41) is 10.2. The third-order valence-corrected chi connectivity index (χ3v) is 5.07. The molecule has 0 fully saturated rings. The molecule has 2 aromatic carbocycles. The molecule has 1 aromatic heterocycles. The van der Waals surface area contributed by atoms with Gasteiger partial charge in [-0.2, -0.15) is 0 Å². The zero-order valence-corrected chi connectivity index (χ0v) is 16.2. The summed E-state index contributed by atoms with van der Waals surface area (Å²) in [4.78, 5) is 27.7. The van der Waals surface area contributed by atoms with Gasteiger partial charge < -0.3 is 19.2 Å². The van der Waals surface area contributed by atoms with E-state index in [9.17, 15) is 14.7 Å². The van der Waals surface area contributed by atoms with Crippen LogP contribution in [0.3, 0.4) is 0 Å². The van der Waals surface area contributed by atoms with Crippen LogP contribution in [0.4, 0.5) is 0 Å². The van der Waals surface area contributed by atoms with E-state index in [2.05, 4.69) is 6.58 Å². The van der Waals surface area contributed by atoms with Gasteiger partial charge in [-0.3, -0.25) is 9.59 Å². The van der Waals surface area contributed by atoms with Crippen molar-refractivity contribution < 1.29 is 19.1 Å². The number of aliphatic hydroxyl groups excluding tert-OH is 1. The van der Waals surface area contributed by atoms with Crippen LogP contribution in [0.1, 0.15) is 27.7 Å². The summed E-state index contributed by atoms with van der Waals surface area (Å²) in [5.74, 6) is 0.208. The third-order valence-electron chi connectivity index (χ3n) is 4.83. The predicted molar refractivity (Wildman–Crippen MR) is 110 cm³/mol. The molecule has 0 bridgehead atoms. The molecular weight excluding hydrogens is 394 g/mol. The van der Waals surface area contributed by atoms with Crippen molar-refractivity contribution in [2.24, 2.45) is 0 Å². The number of benzene rings is 2. The lowest BCUT2D eigenvalue weighted by molar-refractivity contribution is 0.0691. The molecular formula is C22H18ClNO5. The van der Waals surface area contributed by atoms with Crippen LogP contribution in [-0.2, 0) is 0 Å². The molecule has 7 heteroatoms. The van der Waals surface area contributed by atoms with E-state index in [1.165, 1.54) is 11.0 Å². The van der Waals surface area contributed by atoms with Gasteiger partial charge in [-0.25, -0.2) is 0 Å². The Morgan fingerprint density at radius 3 is 2.66 bits per heavy atom. The molecule has 3 aromatic rings. The predicted octanol–water partition coefficient (Wildman–Crippen LogP) is 3.55. The number of carbonyl (C=O) groups is 1. The number of hydrogen-bond acceptors (Lipinski definition) is 5. The Balaban J connectivity index is 1.88. The summed E-state index contributed by atoms with van der Waals surface area (Å²) in [6.07, 6.45) is 1.64. The van der Waals surface area contributed by atoms with E-state index in [1.54, 1.807) is 42.5 Å². The molecule has 0 saturated carbocycles. The van der Waals surface area contributed by atoms with Gasteiger partial charge in [0.2, 0.25) is 5.76 Å². The zero-order chi connectivity index (χ0) is 20.5. The molecule has 1 aliphatic heterocycles. The fraction of sp³-hybridized carbons (Fsp3) is 0.182. The topological polar surface area (TPSA) is 80.0 Å². The van der Waals surface area contributed by atoms with E-state index in [4.69, 9.17) is 20.8 Å². The van der Waals surface area contributed by atoms with Crippen LogP contribution in [0.5, 0.6) is 5.75 Å². The molecule has 0 radical (unpaired) electrons. The van der Waals surface area contributed by atoms with E-state index < -0.39 is 11.9 Å². The quantitative estimate of drug-likeness (QED) is 0.627. The second-order valence-corrected chi connectivity index (χ2v) is 7.04. The highest BCUT2D eigenvalue weighted by Gasteiger charge is 2.42. The van der Waals surface area contributed by atoms with Gasteiger partial charge in [0.05, 0.1) is 23.6 Å². The highest BCUT2D eigenvalue weighted by molar-refractivity contribution is 6.31. The monoisotopic (exact) mass is 411 g/mol. The van der Waals surface area contributed by atoms with Crippen LogP contribution in [0.25, 0.3) is 11.0 Å². The fourth-order valence-corrected chi connectivity index (χ4v) is 3.75. The lowest BCUT2D eigenvalue weighted by Crippen LogP contribution is -2.32. The Hall–Kier alpha value is -3.09. The maximum atomic E-state index is 13.3. The molecule has 2 heterocycles. The SMILES string of the molecule is C=CCOc1ccc(C2c3c(oc4ccc(Cl)cc4c3=O)C(=O)N2CCO)cc1. The summed E-state index contributed by atoms with van der Waals surface area (Å²) >= 11 is 6.05. The Kier molecular flexibility index (Phi) is 5.13. The van der Waals surface area contributed by atoms with Crippen molar-refractivity contribution in [3.8, 4) is 5.75 Å². The third kappa shape index (κ3) is 3.30. The lowest BCUT2D eigenvalue weighted by Gasteiger charge is -2.24. The van der Waals surface area contributed by atoms with Gasteiger partial charge in [0.1, 0.15) is 17.9 Å². The molecule has 1 amide bonds. The molecule has 1 unspecified atom stereocenters. The largest absolute Gasteiger partial charge is 0.490 e. The number of fused-ring (bicyclic) bond motifs is 2. The van der Waals surface area contributed by atoms with Crippen LogP contribution in [0.15, 0.2) is 64.3 Å². The number of aliphatic hydroxyl groups is 1. The molecule has 1 N–H and O–H groups in total. The second kappa shape index (κ2) is 7.73. The molecule has 0 aliphatic carbocycles. The van der Waals surface area contributed by atoms with Gasteiger partial charge in [-0.05, 0) is 35.9 Å². The minimum absolute atomic E-state index is 0.00439. The highest BCUT2D eigenvalue weighted by Crippen LogP contribution is 2.38. The molecule has 4 rings (SSSR count).